The first-order valence-electron chi connectivity index (χ1n) is 7.83. The quantitative estimate of drug-likeness (QED) is 0.670. The fourth-order valence-electron chi connectivity index (χ4n) is 2.44. The maximum atomic E-state index is 13.1. The van der Waals surface area contributed by atoms with Crippen molar-refractivity contribution >= 4 is 50.1 Å². The topological polar surface area (TPSA) is 80.8 Å². The number of carbonyl (C=O) groups is 2. The molecule has 2 amide bonds. The van der Waals surface area contributed by atoms with Gasteiger partial charge in [0.1, 0.15) is 5.52 Å². The van der Waals surface area contributed by atoms with E-state index in [9.17, 15) is 9.59 Å². The Morgan fingerprint density at radius 3 is 2.52 bits per heavy atom. The van der Waals surface area contributed by atoms with E-state index in [2.05, 4.69) is 10.4 Å². The molecule has 0 saturated heterocycles. The second-order valence-corrected chi connectivity index (χ2v) is 6.88. The maximum absolute atomic E-state index is 13.1. The van der Waals surface area contributed by atoms with Gasteiger partial charge in [0.25, 0.3) is 5.91 Å². The minimum Gasteiger partial charge on any atom is -0.493 e. The Labute approximate surface area is 164 Å². The predicted molar refractivity (Wildman–Crippen MR) is 105 cm³/mol. The van der Waals surface area contributed by atoms with Crippen molar-refractivity contribution in [2.24, 2.45) is 0 Å². The second kappa shape index (κ2) is 7.81. The molecule has 0 atom stereocenters. The number of halogens is 1. The molecule has 0 aliphatic rings. The number of fused-ring (bicyclic) bond motifs is 1. The number of amides is 2. The minimum absolute atomic E-state index is 0.298. The smallest absolute Gasteiger partial charge is 0.279 e. The lowest BCUT2D eigenvalue weighted by Gasteiger charge is -2.20. The number of methoxy groups -OCH3 is 2. The zero-order valence-electron chi connectivity index (χ0n) is 14.8. The number of thiazole rings is 1. The highest BCUT2D eigenvalue weighted by atomic mass is 35.5. The number of ether oxygens (including phenoxy) is 2. The third-order valence-electron chi connectivity index (χ3n) is 3.65. The summed E-state index contributed by atoms with van der Waals surface area (Å²) in [7, 11) is 2.99. The number of carbonyl (C=O) groups excluding carboxylic acids is 2. The van der Waals surface area contributed by atoms with Crippen LogP contribution < -0.4 is 19.9 Å². The predicted octanol–water partition coefficient (Wildman–Crippen LogP) is 3.66. The first-order valence-corrected chi connectivity index (χ1v) is 9.02. The average molecular weight is 406 g/mol. The van der Waals surface area contributed by atoms with E-state index in [4.69, 9.17) is 21.1 Å². The number of hydrogen-bond donors (Lipinski definition) is 1. The molecule has 0 aliphatic heterocycles. The highest BCUT2D eigenvalue weighted by Crippen LogP contribution is 2.33. The molecule has 3 aromatic rings. The van der Waals surface area contributed by atoms with Gasteiger partial charge in [-0.3, -0.25) is 15.0 Å². The van der Waals surface area contributed by atoms with E-state index in [-0.39, 0.29) is 0 Å². The van der Waals surface area contributed by atoms with Crippen LogP contribution in [-0.2, 0) is 4.79 Å². The van der Waals surface area contributed by atoms with Gasteiger partial charge in [-0.15, -0.1) is 0 Å². The van der Waals surface area contributed by atoms with Gasteiger partial charge in [0.05, 0.1) is 23.9 Å². The number of anilines is 1. The van der Waals surface area contributed by atoms with Gasteiger partial charge >= 0.3 is 0 Å². The molecule has 1 N–H and O–H groups in total. The van der Waals surface area contributed by atoms with Crippen molar-refractivity contribution in [3.8, 4) is 11.5 Å². The molecule has 140 valence electrons. The molecule has 3 rings (SSSR count). The van der Waals surface area contributed by atoms with Crippen LogP contribution in [0.4, 0.5) is 5.13 Å². The Bertz CT molecular complexity index is 1020. The van der Waals surface area contributed by atoms with Gasteiger partial charge in [-0.05, 0) is 30.3 Å². The van der Waals surface area contributed by atoms with Crippen LogP contribution in [0, 0.1) is 0 Å². The number of hydrazine groups is 1. The molecule has 1 heterocycles. The summed E-state index contributed by atoms with van der Waals surface area (Å²) < 4.78 is 11.2. The normalized spacial score (nSPS) is 10.5. The fraction of sp³-hybridized carbons (Fsp3) is 0.167. The van der Waals surface area contributed by atoms with Crippen LogP contribution in [0.25, 0.3) is 10.2 Å². The van der Waals surface area contributed by atoms with Crippen LogP contribution in [0.5, 0.6) is 11.5 Å². The van der Waals surface area contributed by atoms with Gasteiger partial charge in [0, 0.05) is 12.5 Å². The Morgan fingerprint density at radius 1 is 1.15 bits per heavy atom. The van der Waals surface area contributed by atoms with Crippen molar-refractivity contribution in [1.82, 2.24) is 10.4 Å². The van der Waals surface area contributed by atoms with Crippen molar-refractivity contribution in [1.29, 1.82) is 0 Å². The van der Waals surface area contributed by atoms with E-state index in [1.54, 1.807) is 24.3 Å². The molecule has 7 nitrogen and oxygen atoms in total. The van der Waals surface area contributed by atoms with Crippen LogP contribution in [-0.4, -0.2) is 31.0 Å². The molecule has 1 aromatic heterocycles. The molecule has 9 heteroatoms. The Kier molecular flexibility index (Phi) is 5.48. The zero-order chi connectivity index (χ0) is 19.6. The first kappa shape index (κ1) is 18.9. The van der Waals surface area contributed by atoms with Gasteiger partial charge in [0.15, 0.2) is 11.5 Å². The van der Waals surface area contributed by atoms with E-state index in [0.717, 1.165) is 9.71 Å². The molecule has 0 aliphatic carbocycles. The lowest BCUT2D eigenvalue weighted by Crippen LogP contribution is -2.45. The van der Waals surface area contributed by atoms with Gasteiger partial charge in [-0.1, -0.05) is 29.0 Å². The SMILES string of the molecule is COc1ccc(C(=O)N(NC(C)=O)c2nc3c(Cl)cccc3s2)cc1OC. The summed E-state index contributed by atoms with van der Waals surface area (Å²) in [6, 6.07) is 10.1. The molecule has 0 saturated carbocycles. The molecule has 0 fully saturated rings. The van der Waals surface area contributed by atoms with Crippen molar-refractivity contribution in [3.63, 3.8) is 0 Å². The van der Waals surface area contributed by atoms with Gasteiger partial charge in [0.2, 0.25) is 11.0 Å². The molecule has 0 spiro atoms. The Balaban J connectivity index is 2.05. The third kappa shape index (κ3) is 3.81. The number of benzene rings is 2. The van der Waals surface area contributed by atoms with Crippen LogP contribution >= 0.6 is 22.9 Å². The van der Waals surface area contributed by atoms with E-state index in [0.29, 0.717) is 32.7 Å². The summed E-state index contributed by atoms with van der Waals surface area (Å²) >= 11 is 7.41. The van der Waals surface area contributed by atoms with E-state index < -0.39 is 11.8 Å². The number of nitrogens with zero attached hydrogens (tertiary/aromatic N) is 2. The molecule has 0 unspecified atom stereocenters. The largest absolute Gasteiger partial charge is 0.493 e. The highest BCUT2D eigenvalue weighted by molar-refractivity contribution is 7.22. The molecule has 0 radical (unpaired) electrons. The van der Waals surface area contributed by atoms with Crippen LogP contribution in [0.1, 0.15) is 17.3 Å². The Hall–Kier alpha value is -2.84. The average Bonchev–Trinajstić information content (AvgIpc) is 3.10. The number of aromatic nitrogens is 1. The van der Waals surface area contributed by atoms with Gasteiger partial charge in [-0.25, -0.2) is 4.98 Å². The lowest BCUT2D eigenvalue weighted by atomic mass is 10.2. The zero-order valence-corrected chi connectivity index (χ0v) is 16.4. The van der Waals surface area contributed by atoms with Gasteiger partial charge < -0.3 is 9.47 Å². The summed E-state index contributed by atoms with van der Waals surface area (Å²) in [5.74, 6) is 0.0147. The lowest BCUT2D eigenvalue weighted by molar-refractivity contribution is -0.119. The first-order chi connectivity index (χ1) is 12.9. The fourth-order valence-corrected chi connectivity index (χ4v) is 3.67. The highest BCUT2D eigenvalue weighted by Gasteiger charge is 2.24. The number of nitrogens with one attached hydrogen (secondary N) is 1. The number of rotatable bonds is 4. The van der Waals surface area contributed by atoms with Crippen molar-refractivity contribution in [2.75, 3.05) is 19.2 Å². The van der Waals surface area contributed by atoms with Crippen LogP contribution in [0.15, 0.2) is 36.4 Å². The van der Waals surface area contributed by atoms with E-state index in [1.807, 2.05) is 6.07 Å². The third-order valence-corrected chi connectivity index (χ3v) is 4.96. The minimum atomic E-state index is -0.471. The summed E-state index contributed by atoms with van der Waals surface area (Å²) in [4.78, 5) is 29.1. The van der Waals surface area contributed by atoms with E-state index >= 15 is 0 Å². The summed E-state index contributed by atoms with van der Waals surface area (Å²) in [5, 5.41) is 1.87. The van der Waals surface area contributed by atoms with Gasteiger partial charge in [-0.2, -0.15) is 5.01 Å². The Morgan fingerprint density at radius 2 is 1.89 bits per heavy atom. The molecule has 0 bridgehead atoms. The number of hydrogen-bond acceptors (Lipinski definition) is 6. The van der Waals surface area contributed by atoms with Crippen LogP contribution in [0.2, 0.25) is 5.02 Å². The van der Waals surface area contributed by atoms with Crippen molar-refractivity contribution in [2.45, 2.75) is 6.92 Å². The second-order valence-electron chi connectivity index (χ2n) is 5.46. The molecule has 2 aromatic carbocycles. The summed E-state index contributed by atoms with van der Waals surface area (Å²) in [6.07, 6.45) is 0. The van der Waals surface area contributed by atoms with Crippen molar-refractivity contribution < 1.29 is 19.1 Å². The van der Waals surface area contributed by atoms with E-state index in [1.165, 1.54) is 38.5 Å². The summed E-state index contributed by atoms with van der Waals surface area (Å²) in [5.41, 5.74) is 3.38. The number of para-hydroxylation sites is 1. The standard InChI is InChI=1S/C18H16ClN3O4S/c1-10(23)21-22(18-20-16-12(19)5-4-6-15(16)27-18)17(24)11-7-8-13(25-2)14(9-11)26-3/h4-9H,1-3H3,(H,21,23). The molecular weight excluding hydrogens is 390 g/mol. The van der Waals surface area contributed by atoms with Crippen LogP contribution in [0.3, 0.4) is 0 Å². The monoisotopic (exact) mass is 405 g/mol. The summed E-state index contributed by atoms with van der Waals surface area (Å²) in [6.45, 7) is 1.31. The molecular formula is C18H16ClN3O4S. The maximum Gasteiger partial charge on any atom is 0.279 e. The van der Waals surface area contributed by atoms with Crippen molar-refractivity contribution in [3.05, 3.63) is 47.0 Å². The molecule has 27 heavy (non-hydrogen) atoms.